The summed E-state index contributed by atoms with van der Waals surface area (Å²) < 4.78 is 15.6. The maximum absolute atomic E-state index is 6.30. The normalized spacial score (nSPS) is 13.7. The van der Waals surface area contributed by atoms with E-state index >= 15 is 0 Å². The molecule has 6 rings (SSSR count). The summed E-state index contributed by atoms with van der Waals surface area (Å²) in [7, 11) is 0. The average Bonchev–Trinajstić information content (AvgIpc) is 3.59. The van der Waals surface area contributed by atoms with E-state index in [0.29, 0.717) is 37.2 Å². The van der Waals surface area contributed by atoms with Gasteiger partial charge in [-0.05, 0) is 32.0 Å². The van der Waals surface area contributed by atoms with E-state index in [1.54, 1.807) is 6.33 Å². The van der Waals surface area contributed by atoms with Crippen LogP contribution in [0.15, 0.2) is 65.9 Å². The molecule has 0 amide bonds. The molecule has 0 bridgehead atoms. The van der Waals surface area contributed by atoms with Crippen LogP contribution in [0, 0.1) is 0 Å². The van der Waals surface area contributed by atoms with E-state index in [1.807, 2.05) is 73.0 Å². The molecule has 0 saturated carbocycles. The van der Waals surface area contributed by atoms with Gasteiger partial charge in [0.05, 0.1) is 30.6 Å². The summed E-state index contributed by atoms with van der Waals surface area (Å²) in [5, 5.41) is 9.46. The summed E-state index contributed by atoms with van der Waals surface area (Å²) in [6.07, 6.45) is 1.90. The highest BCUT2D eigenvalue weighted by Crippen LogP contribution is 2.34. The lowest BCUT2D eigenvalue weighted by Crippen LogP contribution is -2.14. The van der Waals surface area contributed by atoms with Gasteiger partial charge < -0.3 is 14.0 Å². The third-order valence-electron chi connectivity index (χ3n) is 5.46. The quantitative estimate of drug-likeness (QED) is 0.380. The molecular formula is C25H25ClN6O2. The van der Waals surface area contributed by atoms with Gasteiger partial charge in [-0.3, -0.25) is 4.57 Å². The highest BCUT2D eigenvalue weighted by Gasteiger charge is 2.28. The van der Waals surface area contributed by atoms with E-state index < -0.39 is 0 Å². The van der Waals surface area contributed by atoms with Gasteiger partial charge in [0.2, 0.25) is 5.90 Å². The second-order valence-corrected chi connectivity index (χ2v) is 8.58. The summed E-state index contributed by atoms with van der Waals surface area (Å²) in [5.74, 6) is 2.09. The molecule has 2 aromatic heterocycles. The average molecular weight is 477 g/mol. The standard InChI is InChI=1S/C19H19ClN6O2.C6H6/c1-11(2)28-9-16-23-24-18-13-7-12(20)3-4-14(13)26-10-22-17(15(26)8-25(16)18)19-21-5-6-27-19;1-2-4-6-5-3-1/h3-4,7,10-11H,5-6,8-9H2,1-2H3;1-6H. The van der Waals surface area contributed by atoms with Crippen molar-refractivity contribution in [3.63, 3.8) is 0 Å². The first kappa shape index (κ1) is 22.3. The van der Waals surface area contributed by atoms with Gasteiger partial charge in [-0.15, -0.1) is 10.2 Å². The number of aliphatic imine (C=N–C) groups is 1. The topological polar surface area (TPSA) is 79.3 Å². The Balaban J connectivity index is 0.000000351. The molecular weight excluding hydrogens is 452 g/mol. The number of aromatic nitrogens is 5. The fourth-order valence-corrected chi connectivity index (χ4v) is 4.04. The van der Waals surface area contributed by atoms with Crippen LogP contribution in [0.5, 0.6) is 0 Å². The van der Waals surface area contributed by atoms with Gasteiger partial charge in [-0.1, -0.05) is 48.0 Å². The molecule has 8 nitrogen and oxygen atoms in total. The van der Waals surface area contributed by atoms with Crippen molar-refractivity contribution in [2.45, 2.75) is 33.1 Å². The Labute approximate surface area is 202 Å². The number of nitrogens with zero attached hydrogens (tertiary/aromatic N) is 6. The minimum Gasteiger partial charge on any atom is -0.474 e. The first-order chi connectivity index (χ1) is 16.6. The van der Waals surface area contributed by atoms with E-state index in [0.717, 1.165) is 34.3 Å². The minimum absolute atomic E-state index is 0.0998. The summed E-state index contributed by atoms with van der Waals surface area (Å²) in [5.41, 5.74) is 3.55. The predicted octanol–water partition coefficient (Wildman–Crippen LogP) is 4.53. The molecule has 0 atom stereocenters. The van der Waals surface area contributed by atoms with Crippen LogP contribution in [0.25, 0.3) is 17.1 Å². The lowest BCUT2D eigenvalue weighted by atomic mass is 10.1. The van der Waals surface area contributed by atoms with Crippen LogP contribution < -0.4 is 0 Å². The van der Waals surface area contributed by atoms with Crippen molar-refractivity contribution in [3.8, 4) is 17.1 Å². The molecule has 0 saturated heterocycles. The van der Waals surface area contributed by atoms with Gasteiger partial charge in [0.15, 0.2) is 11.6 Å². The second-order valence-electron chi connectivity index (χ2n) is 8.15. The van der Waals surface area contributed by atoms with Crippen LogP contribution in [-0.4, -0.2) is 49.5 Å². The van der Waals surface area contributed by atoms with Crippen molar-refractivity contribution < 1.29 is 9.47 Å². The smallest absolute Gasteiger partial charge is 0.237 e. The fourth-order valence-electron chi connectivity index (χ4n) is 3.87. The lowest BCUT2D eigenvalue weighted by Gasteiger charge is -2.11. The first-order valence-corrected chi connectivity index (χ1v) is 11.6. The van der Waals surface area contributed by atoms with Crippen LogP contribution in [0.3, 0.4) is 0 Å². The SMILES string of the molecule is CC(C)OCc1nnc2n1Cc1c(C3=NCCO3)ncn1-c1ccc(Cl)cc1-2.c1ccccc1. The molecule has 0 radical (unpaired) electrons. The van der Waals surface area contributed by atoms with Crippen molar-refractivity contribution in [1.82, 2.24) is 24.3 Å². The van der Waals surface area contributed by atoms with Crippen molar-refractivity contribution in [2.75, 3.05) is 13.2 Å². The minimum atomic E-state index is 0.0998. The molecule has 0 spiro atoms. The molecule has 2 aromatic carbocycles. The first-order valence-electron chi connectivity index (χ1n) is 11.2. The van der Waals surface area contributed by atoms with Gasteiger partial charge in [0, 0.05) is 10.6 Å². The number of halogens is 1. The van der Waals surface area contributed by atoms with E-state index in [-0.39, 0.29) is 6.10 Å². The number of ether oxygens (including phenoxy) is 2. The molecule has 2 aliphatic rings. The maximum atomic E-state index is 6.30. The largest absolute Gasteiger partial charge is 0.474 e. The maximum Gasteiger partial charge on any atom is 0.237 e. The highest BCUT2D eigenvalue weighted by atomic mass is 35.5. The predicted molar refractivity (Wildman–Crippen MR) is 130 cm³/mol. The molecule has 0 N–H and O–H groups in total. The Bertz CT molecular complexity index is 1290. The number of imidazole rings is 1. The number of benzene rings is 2. The zero-order valence-electron chi connectivity index (χ0n) is 19.1. The zero-order valence-corrected chi connectivity index (χ0v) is 19.8. The van der Waals surface area contributed by atoms with E-state index in [1.165, 1.54) is 0 Å². The van der Waals surface area contributed by atoms with Crippen molar-refractivity contribution in [2.24, 2.45) is 4.99 Å². The van der Waals surface area contributed by atoms with Gasteiger partial charge >= 0.3 is 0 Å². The molecule has 4 aromatic rings. The summed E-state index contributed by atoms with van der Waals surface area (Å²) in [6, 6.07) is 17.7. The van der Waals surface area contributed by atoms with Crippen LogP contribution in [-0.2, 0) is 22.6 Å². The number of hydrogen-bond donors (Lipinski definition) is 0. The van der Waals surface area contributed by atoms with Gasteiger partial charge in [0.1, 0.15) is 25.2 Å². The Hall–Kier alpha value is -3.49. The van der Waals surface area contributed by atoms with Crippen LogP contribution in [0.1, 0.15) is 31.1 Å². The molecule has 9 heteroatoms. The Kier molecular flexibility index (Phi) is 6.42. The van der Waals surface area contributed by atoms with Gasteiger partial charge in [-0.2, -0.15) is 0 Å². The summed E-state index contributed by atoms with van der Waals surface area (Å²) in [6.45, 7) is 6.14. The van der Waals surface area contributed by atoms with E-state index in [9.17, 15) is 0 Å². The van der Waals surface area contributed by atoms with Gasteiger partial charge in [0.25, 0.3) is 0 Å². The van der Waals surface area contributed by atoms with Crippen LogP contribution in [0.4, 0.5) is 0 Å². The zero-order chi connectivity index (χ0) is 23.5. The Morgan fingerprint density at radius 3 is 2.53 bits per heavy atom. The van der Waals surface area contributed by atoms with Crippen molar-refractivity contribution in [3.05, 3.63) is 83.2 Å². The highest BCUT2D eigenvalue weighted by molar-refractivity contribution is 6.31. The Morgan fingerprint density at radius 2 is 1.85 bits per heavy atom. The number of rotatable bonds is 4. The monoisotopic (exact) mass is 476 g/mol. The van der Waals surface area contributed by atoms with Crippen LogP contribution in [0.2, 0.25) is 5.02 Å². The van der Waals surface area contributed by atoms with Gasteiger partial charge in [-0.25, -0.2) is 9.98 Å². The molecule has 0 fully saturated rings. The third kappa shape index (κ3) is 4.47. The molecule has 0 unspecified atom stereocenters. The molecule has 174 valence electrons. The Morgan fingerprint density at radius 1 is 1.09 bits per heavy atom. The van der Waals surface area contributed by atoms with E-state index in [2.05, 4.69) is 24.7 Å². The fraction of sp³-hybridized carbons (Fsp3) is 0.280. The van der Waals surface area contributed by atoms with Crippen molar-refractivity contribution >= 4 is 17.5 Å². The molecule has 4 heterocycles. The summed E-state index contributed by atoms with van der Waals surface area (Å²) >= 11 is 6.30. The molecule has 34 heavy (non-hydrogen) atoms. The van der Waals surface area contributed by atoms with E-state index in [4.69, 9.17) is 21.1 Å². The lowest BCUT2D eigenvalue weighted by molar-refractivity contribution is 0.0595. The number of fused-ring (bicyclic) bond motifs is 5. The molecule has 0 aliphatic carbocycles. The number of hydrogen-bond acceptors (Lipinski definition) is 6. The molecule has 2 aliphatic heterocycles. The second kappa shape index (κ2) is 9.79. The summed E-state index contributed by atoms with van der Waals surface area (Å²) in [4.78, 5) is 9.04. The van der Waals surface area contributed by atoms with Crippen LogP contribution >= 0.6 is 11.6 Å². The van der Waals surface area contributed by atoms with Crippen molar-refractivity contribution in [1.29, 1.82) is 0 Å². The third-order valence-corrected chi connectivity index (χ3v) is 5.70.